The third-order valence-electron chi connectivity index (χ3n) is 4.80. The lowest BCUT2D eigenvalue weighted by Crippen LogP contribution is -2.22. The molecule has 1 aliphatic heterocycles. The highest BCUT2D eigenvalue weighted by Gasteiger charge is 2.38. The second-order valence-corrected chi connectivity index (χ2v) is 6.69. The molecule has 0 radical (unpaired) electrons. The predicted molar refractivity (Wildman–Crippen MR) is 105 cm³/mol. The van der Waals surface area contributed by atoms with E-state index in [0.717, 1.165) is 11.1 Å². The van der Waals surface area contributed by atoms with Crippen LogP contribution in [0.25, 0.3) is 0 Å². The minimum atomic E-state index is -1.06. The fourth-order valence-electron chi connectivity index (χ4n) is 3.26. The quantitative estimate of drug-likeness (QED) is 0.709. The summed E-state index contributed by atoms with van der Waals surface area (Å²) in [6.45, 7) is 0.687. The molecule has 0 bridgehead atoms. The average Bonchev–Trinajstić information content (AvgIpc) is 2.97. The first-order valence-corrected chi connectivity index (χ1v) is 9.10. The molecule has 1 aliphatic rings. The van der Waals surface area contributed by atoms with Crippen LogP contribution in [0.3, 0.4) is 0 Å². The Balaban J connectivity index is 1.62. The molecular formula is C23H21NO4. The number of aliphatic hydroxyl groups excluding tert-OH is 1. The first-order valence-electron chi connectivity index (χ1n) is 9.10. The zero-order chi connectivity index (χ0) is 19.5. The van der Waals surface area contributed by atoms with Crippen molar-refractivity contribution in [1.82, 2.24) is 4.90 Å². The van der Waals surface area contributed by atoms with E-state index in [2.05, 4.69) is 0 Å². The van der Waals surface area contributed by atoms with E-state index >= 15 is 0 Å². The summed E-state index contributed by atoms with van der Waals surface area (Å²) >= 11 is 0. The molecule has 1 atom stereocenters. The van der Waals surface area contributed by atoms with Gasteiger partial charge in [0.2, 0.25) is 0 Å². The van der Waals surface area contributed by atoms with Gasteiger partial charge in [0, 0.05) is 7.05 Å². The van der Waals surface area contributed by atoms with E-state index in [1.165, 1.54) is 4.90 Å². The van der Waals surface area contributed by atoms with Gasteiger partial charge in [-0.2, -0.15) is 0 Å². The third-order valence-corrected chi connectivity index (χ3v) is 4.80. The van der Waals surface area contributed by atoms with E-state index in [4.69, 9.17) is 9.47 Å². The molecule has 142 valence electrons. The van der Waals surface area contributed by atoms with E-state index in [1.807, 2.05) is 60.7 Å². The number of ether oxygens (including phenoxy) is 2. The molecule has 3 aromatic rings. The number of rotatable bonds is 6. The van der Waals surface area contributed by atoms with E-state index in [-0.39, 0.29) is 5.91 Å². The zero-order valence-corrected chi connectivity index (χ0v) is 15.5. The van der Waals surface area contributed by atoms with Crippen LogP contribution in [0.15, 0.2) is 72.8 Å². The van der Waals surface area contributed by atoms with Crippen LogP contribution in [0, 0.1) is 0 Å². The summed E-state index contributed by atoms with van der Waals surface area (Å²) in [6, 6.07) is 23.0. The summed E-state index contributed by atoms with van der Waals surface area (Å²) in [6.07, 6.45) is -1.06. The highest BCUT2D eigenvalue weighted by molar-refractivity contribution is 6.02. The standard InChI is InChI=1S/C23H21NO4/c1-24-22(25)20-18(27-14-16-8-4-2-5-9-16)12-13-19(21(20)23(24)26)28-15-17-10-6-3-7-11-17/h2-13,22,25H,14-15H2,1H3/t22-/m1/s1. The Morgan fingerprint density at radius 1 is 0.821 bits per heavy atom. The van der Waals surface area contributed by atoms with Gasteiger partial charge in [0.05, 0.1) is 11.1 Å². The van der Waals surface area contributed by atoms with Crippen LogP contribution in [0.5, 0.6) is 11.5 Å². The highest BCUT2D eigenvalue weighted by atomic mass is 16.5. The van der Waals surface area contributed by atoms with Crippen molar-refractivity contribution in [2.24, 2.45) is 0 Å². The van der Waals surface area contributed by atoms with Gasteiger partial charge in [0.25, 0.3) is 5.91 Å². The molecule has 0 unspecified atom stereocenters. The number of carbonyl (C=O) groups excluding carboxylic acids is 1. The Labute approximate surface area is 163 Å². The molecule has 5 heteroatoms. The third kappa shape index (κ3) is 3.44. The molecule has 28 heavy (non-hydrogen) atoms. The minimum Gasteiger partial charge on any atom is -0.488 e. The summed E-state index contributed by atoms with van der Waals surface area (Å²) in [5.41, 5.74) is 2.82. The highest BCUT2D eigenvalue weighted by Crippen LogP contribution is 2.42. The molecule has 0 fully saturated rings. The molecule has 1 amide bonds. The van der Waals surface area contributed by atoms with Crippen molar-refractivity contribution in [3.8, 4) is 11.5 Å². The van der Waals surface area contributed by atoms with Crippen LogP contribution in [-0.4, -0.2) is 23.0 Å². The number of hydrogen-bond acceptors (Lipinski definition) is 4. The number of hydrogen-bond donors (Lipinski definition) is 1. The van der Waals surface area contributed by atoms with Gasteiger partial charge in [0.15, 0.2) is 6.23 Å². The van der Waals surface area contributed by atoms with Gasteiger partial charge in [0.1, 0.15) is 24.7 Å². The molecular weight excluding hydrogens is 354 g/mol. The summed E-state index contributed by atoms with van der Waals surface area (Å²) in [4.78, 5) is 14.0. The lowest BCUT2D eigenvalue weighted by Gasteiger charge is -2.17. The number of nitrogens with zero attached hydrogens (tertiary/aromatic N) is 1. The van der Waals surface area contributed by atoms with E-state index in [9.17, 15) is 9.90 Å². The van der Waals surface area contributed by atoms with Gasteiger partial charge in [-0.05, 0) is 23.3 Å². The van der Waals surface area contributed by atoms with Crippen LogP contribution in [0.4, 0.5) is 0 Å². The second kappa shape index (κ2) is 7.74. The van der Waals surface area contributed by atoms with Crippen molar-refractivity contribution in [2.45, 2.75) is 19.4 Å². The van der Waals surface area contributed by atoms with Gasteiger partial charge in [-0.1, -0.05) is 60.7 Å². The van der Waals surface area contributed by atoms with Gasteiger partial charge in [-0.25, -0.2) is 0 Å². The van der Waals surface area contributed by atoms with Crippen molar-refractivity contribution in [3.05, 3.63) is 95.1 Å². The number of aliphatic hydroxyl groups is 1. The maximum absolute atomic E-state index is 12.7. The van der Waals surface area contributed by atoms with Crippen LogP contribution < -0.4 is 9.47 Å². The summed E-state index contributed by atoms with van der Waals surface area (Å²) in [5, 5.41) is 10.6. The number of carbonyl (C=O) groups is 1. The first kappa shape index (κ1) is 18.1. The van der Waals surface area contributed by atoms with Gasteiger partial charge in [-0.15, -0.1) is 0 Å². The van der Waals surface area contributed by atoms with Crippen LogP contribution in [-0.2, 0) is 13.2 Å². The molecule has 0 saturated heterocycles. The van der Waals surface area contributed by atoms with Crippen molar-refractivity contribution >= 4 is 5.91 Å². The van der Waals surface area contributed by atoms with Crippen molar-refractivity contribution in [2.75, 3.05) is 7.05 Å². The van der Waals surface area contributed by atoms with Gasteiger partial charge < -0.3 is 19.5 Å². The molecule has 0 aromatic heterocycles. The Bertz CT molecular complexity index is 973. The van der Waals surface area contributed by atoms with E-state index in [0.29, 0.717) is 35.8 Å². The Kier molecular flexibility index (Phi) is 5.00. The number of amides is 1. The molecule has 5 nitrogen and oxygen atoms in total. The topological polar surface area (TPSA) is 59.0 Å². The van der Waals surface area contributed by atoms with Crippen molar-refractivity contribution < 1.29 is 19.4 Å². The molecule has 0 spiro atoms. The SMILES string of the molecule is CN1C(=O)c2c(OCc3ccccc3)ccc(OCc3ccccc3)c2[C@H]1O. The monoisotopic (exact) mass is 375 g/mol. The maximum atomic E-state index is 12.7. The summed E-state index contributed by atoms with van der Waals surface area (Å²) in [7, 11) is 1.56. The average molecular weight is 375 g/mol. The molecule has 0 aliphatic carbocycles. The van der Waals surface area contributed by atoms with E-state index < -0.39 is 6.23 Å². The number of benzene rings is 3. The summed E-state index contributed by atoms with van der Waals surface area (Å²) < 4.78 is 11.8. The van der Waals surface area contributed by atoms with Gasteiger partial charge >= 0.3 is 0 Å². The van der Waals surface area contributed by atoms with Crippen molar-refractivity contribution in [3.63, 3.8) is 0 Å². The van der Waals surface area contributed by atoms with Crippen LogP contribution >= 0.6 is 0 Å². The maximum Gasteiger partial charge on any atom is 0.260 e. The Morgan fingerprint density at radius 3 is 1.89 bits per heavy atom. The lowest BCUT2D eigenvalue weighted by molar-refractivity contribution is 0.0289. The normalized spacial score (nSPS) is 15.4. The Morgan fingerprint density at radius 2 is 1.32 bits per heavy atom. The fourth-order valence-corrected chi connectivity index (χ4v) is 3.26. The second-order valence-electron chi connectivity index (χ2n) is 6.69. The van der Waals surface area contributed by atoms with Gasteiger partial charge in [-0.3, -0.25) is 4.79 Å². The fraction of sp³-hybridized carbons (Fsp3) is 0.174. The van der Waals surface area contributed by atoms with E-state index in [1.54, 1.807) is 19.2 Å². The minimum absolute atomic E-state index is 0.282. The first-order chi connectivity index (χ1) is 13.6. The smallest absolute Gasteiger partial charge is 0.260 e. The molecule has 0 saturated carbocycles. The molecule has 4 rings (SSSR count). The van der Waals surface area contributed by atoms with Crippen LogP contribution in [0.1, 0.15) is 33.3 Å². The molecule has 1 heterocycles. The molecule has 1 N–H and O–H groups in total. The predicted octanol–water partition coefficient (Wildman–Crippen LogP) is 3.92. The van der Waals surface area contributed by atoms with Crippen molar-refractivity contribution in [1.29, 1.82) is 0 Å². The largest absolute Gasteiger partial charge is 0.488 e. The number of fused-ring (bicyclic) bond motifs is 1. The van der Waals surface area contributed by atoms with Crippen LogP contribution in [0.2, 0.25) is 0 Å². The zero-order valence-electron chi connectivity index (χ0n) is 15.5. The lowest BCUT2D eigenvalue weighted by atomic mass is 10.1. The summed E-state index contributed by atoms with van der Waals surface area (Å²) in [5.74, 6) is 0.645. The molecule has 3 aromatic carbocycles. The Hall–Kier alpha value is -3.31.